The molecule has 130 valence electrons. The van der Waals surface area contributed by atoms with Crippen LogP contribution in [0.3, 0.4) is 0 Å². The van der Waals surface area contributed by atoms with Gasteiger partial charge in [-0.15, -0.1) is 0 Å². The second kappa shape index (κ2) is 5.98. The molecular formula is C18H22N6O. The fraction of sp³-hybridized carbons (Fsp3) is 0.444. The third kappa shape index (κ3) is 3.01. The average molecular weight is 338 g/mol. The molecule has 25 heavy (non-hydrogen) atoms. The van der Waals surface area contributed by atoms with Crippen LogP contribution in [0.1, 0.15) is 54.5 Å². The first-order valence-corrected chi connectivity index (χ1v) is 8.69. The zero-order valence-electron chi connectivity index (χ0n) is 14.7. The molecule has 3 aromatic rings. The maximum absolute atomic E-state index is 12.8. The number of carbonyl (C=O) groups excluding carboxylic acids is 1. The number of nitrogens with zero attached hydrogens (tertiary/aromatic N) is 4. The van der Waals surface area contributed by atoms with Gasteiger partial charge in [0.15, 0.2) is 5.65 Å². The van der Waals surface area contributed by atoms with E-state index in [4.69, 9.17) is 0 Å². The van der Waals surface area contributed by atoms with Crippen molar-refractivity contribution >= 4 is 22.8 Å². The standard InChI is InChI=1S/C18H22N6O/c1-10(2)16-13(9-20-24(16)3)21-18(25)12-6-7-19-17-15(12)22-14(23-17)8-11-4-5-11/h6-7,9-11H,4-5,8H2,1-3H3,(H,21,25)(H,19,22,23). The van der Waals surface area contributed by atoms with E-state index in [-0.39, 0.29) is 11.8 Å². The van der Waals surface area contributed by atoms with Crippen molar-refractivity contribution in [2.75, 3.05) is 5.32 Å². The molecule has 0 radical (unpaired) electrons. The number of aryl methyl sites for hydroxylation is 1. The number of aromatic amines is 1. The van der Waals surface area contributed by atoms with Crippen LogP contribution in [0.25, 0.3) is 11.2 Å². The fourth-order valence-corrected chi connectivity index (χ4v) is 3.26. The molecule has 0 spiro atoms. The molecule has 0 aromatic carbocycles. The number of aromatic nitrogens is 5. The molecule has 3 aromatic heterocycles. The number of amides is 1. The minimum atomic E-state index is -0.177. The van der Waals surface area contributed by atoms with Crippen LogP contribution in [0.2, 0.25) is 0 Å². The molecule has 7 heteroatoms. The van der Waals surface area contributed by atoms with Crippen LogP contribution < -0.4 is 5.32 Å². The van der Waals surface area contributed by atoms with Crippen LogP contribution in [-0.4, -0.2) is 30.6 Å². The van der Waals surface area contributed by atoms with E-state index in [1.54, 1.807) is 23.1 Å². The van der Waals surface area contributed by atoms with Crippen molar-refractivity contribution in [1.29, 1.82) is 0 Å². The Labute approximate surface area is 145 Å². The molecule has 1 amide bonds. The van der Waals surface area contributed by atoms with Gasteiger partial charge in [-0.25, -0.2) is 9.97 Å². The van der Waals surface area contributed by atoms with Gasteiger partial charge < -0.3 is 10.3 Å². The Kier molecular flexibility index (Phi) is 3.78. The molecule has 0 unspecified atom stereocenters. The Balaban J connectivity index is 1.64. The maximum Gasteiger partial charge on any atom is 0.258 e. The molecule has 2 N–H and O–H groups in total. The van der Waals surface area contributed by atoms with Crippen molar-refractivity contribution < 1.29 is 4.79 Å². The van der Waals surface area contributed by atoms with E-state index in [0.717, 1.165) is 29.5 Å². The van der Waals surface area contributed by atoms with Crippen molar-refractivity contribution in [3.05, 3.63) is 35.5 Å². The summed E-state index contributed by atoms with van der Waals surface area (Å²) in [6.45, 7) is 4.16. The first-order valence-electron chi connectivity index (χ1n) is 8.69. The summed E-state index contributed by atoms with van der Waals surface area (Å²) in [6.07, 6.45) is 6.77. The Hall–Kier alpha value is -2.70. The van der Waals surface area contributed by atoms with Crippen molar-refractivity contribution in [2.45, 2.75) is 39.0 Å². The van der Waals surface area contributed by atoms with Crippen molar-refractivity contribution in [3.63, 3.8) is 0 Å². The fourth-order valence-electron chi connectivity index (χ4n) is 3.26. The quantitative estimate of drug-likeness (QED) is 0.748. The molecule has 0 atom stereocenters. The van der Waals surface area contributed by atoms with E-state index in [2.05, 4.69) is 39.2 Å². The number of pyridine rings is 1. The third-order valence-corrected chi connectivity index (χ3v) is 4.64. The number of hydrogen-bond donors (Lipinski definition) is 2. The van der Waals surface area contributed by atoms with Gasteiger partial charge in [0, 0.05) is 19.7 Å². The molecular weight excluding hydrogens is 316 g/mol. The van der Waals surface area contributed by atoms with Gasteiger partial charge in [0.1, 0.15) is 5.82 Å². The largest absolute Gasteiger partial charge is 0.340 e. The highest BCUT2D eigenvalue weighted by atomic mass is 16.1. The van der Waals surface area contributed by atoms with E-state index in [9.17, 15) is 4.79 Å². The minimum Gasteiger partial charge on any atom is -0.340 e. The Morgan fingerprint density at radius 3 is 2.96 bits per heavy atom. The second-order valence-electron chi connectivity index (χ2n) is 7.06. The number of hydrogen-bond acceptors (Lipinski definition) is 4. The molecule has 3 heterocycles. The van der Waals surface area contributed by atoms with Crippen LogP contribution in [0.4, 0.5) is 5.69 Å². The van der Waals surface area contributed by atoms with Crippen LogP contribution in [-0.2, 0) is 13.5 Å². The molecule has 1 aliphatic carbocycles. The van der Waals surface area contributed by atoms with Gasteiger partial charge >= 0.3 is 0 Å². The number of nitrogens with one attached hydrogen (secondary N) is 2. The van der Waals surface area contributed by atoms with Gasteiger partial charge in [-0.1, -0.05) is 13.8 Å². The molecule has 4 rings (SSSR count). The monoisotopic (exact) mass is 338 g/mol. The highest BCUT2D eigenvalue weighted by molar-refractivity contribution is 6.11. The number of imidazole rings is 1. The number of fused-ring (bicyclic) bond motifs is 1. The Morgan fingerprint density at radius 1 is 1.44 bits per heavy atom. The maximum atomic E-state index is 12.8. The van der Waals surface area contributed by atoms with E-state index in [1.165, 1.54) is 12.8 Å². The van der Waals surface area contributed by atoms with Crippen LogP contribution in [0, 0.1) is 5.92 Å². The van der Waals surface area contributed by atoms with Gasteiger partial charge in [-0.2, -0.15) is 5.10 Å². The molecule has 1 fully saturated rings. The van der Waals surface area contributed by atoms with E-state index in [0.29, 0.717) is 16.7 Å². The van der Waals surface area contributed by atoms with Gasteiger partial charge in [-0.05, 0) is 30.7 Å². The second-order valence-corrected chi connectivity index (χ2v) is 7.06. The smallest absolute Gasteiger partial charge is 0.258 e. The number of H-pyrrole nitrogens is 1. The number of anilines is 1. The topological polar surface area (TPSA) is 88.5 Å². The molecule has 0 bridgehead atoms. The van der Waals surface area contributed by atoms with Crippen LogP contribution in [0.5, 0.6) is 0 Å². The zero-order chi connectivity index (χ0) is 17.6. The third-order valence-electron chi connectivity index (χ3n) is 4.64. The summed E-state index contributed by atoms with van der Waals surface area (Å²) in [6, 6.07) is 1.72. The zero-order valence-corrected chi connectivity index (χ0v) is 14.7. The Morgan fingerprint density at radius 2 is 2.24 bits per heavy atom. The normalized spacial score (nSPS) is 14.4. The molecule has 1 aliphatic rings. The predicted octanol–water partition coefficient (Wildman–Crippen LogP) is 3.02. The average Bonchev–Trinajstić information content (AvgIpc) is 3.15. The lowest BCUT2D eigenvalue weighted by atomic mass is 10.1. The lowest BCUT2D eigenvalue weighted by Gasteiger charge is -2.10. The molecule has 0 saturated heterocycles. The summed E-state index contributed by atoms with van der Waals surface area (Å²) in [5.74, 6) is 1.72. The van der Waals surface area contributed by atoms with Crippen molar-refractivity contribution in [2.24, 2.45) is 13.0 Å². The van der Waals surface area contributed by atoms with E-state index in [1.807, 2.05) is 7.05 Å². The highest BCUT2D eigenvalue weighted by Crippen LogP contribution is 2.32. The summed E-state index contributed by atoms with van der Waals surface area (Å²) in [4.78, 5) is 24.9. The molecule has 0 aliphatic heterocycles. The lowest BCUT2D eigenvalue weighted by Crippen LogP contribution is -2.14. The number of rotatable bonds is 5. The van der Waals surface area contributed by atoms with E-state index >= 15 is 0 Å². The van der Waals surface area contributed by atoms with Crippen LogP contribution in [0.15, 0.2) is 18.5 Å². The first-order chi connectivity index (χ1) is 12.0. The van der Waals surface area contributed by atoms with Crippen molar-refractivity contribution in [1.82, 2.24) is 24.7 Å². The summed E-state index contributed by atoms with van der Waals surface area (Å²) < 4.78 is 1.80. The SMILES string of the molecule is CC(C)c1c(NC(=O)c2ccnc3nc(CC4CC4)[nH]c23)cnn1C. The number of carbonyl (C=O) groups is 1. The van der Waals surface area contributed by atoms with Gasteiger partial charge in [0.05, 0.1) is 28.7 Å². The predicted molar refractivity (Wildman–Crippen MR) is 95.6 cm³/mol. The van der Waals surface area contributed by atoms with Crippen LogP contribution >= 0.6 is 0 Å². The summed E-state index contributed by atoms with van der Waals surface area (Å²) in [5, 5.41) is 7.25. The minimum absolute atomic E-state index is 0.177. The summed E-state index contributed by atoms with van der Waals surface area (Å²) >= 11 is 0. The van der Waals surface area contributed by atoms with Gasteiger partial charge in [0.25, 0.3) is 5.91 Å². The lowest BCUT2D eigenvalue weighted by molar-refractivity contribution is 0.102. The van der Waals surface area contributed by atoms with Crippen molar-refractivity contribution in [3.8, 4) is 0 Å². The molecule has 7 nitrogen and oxygen atoms in total. The summed E-state index contributed by atoms with van der Waals surface area (Å²) in [5.41, 5.74) is 3.59. The highest BCUT2D eigenvalue weighted by Gasteiger charge is 2.24. The van der Waals surface area contributed by atoms with Gasteiger partial charge in [0.2, 0.25) is 0 Å². The Bertz CT molecular complexity index is 934. The summed E-state index contributed by atoms with van der Waals surface area (Å²) in [7, 11) is 1.88. The molecule has 1 saturated carbocycles. The van der Waals surface area contributed by atoms with Gasteiger partial charge in [-0.3, -0.25) is 9.48 Å². The first kappa shape index (κ1) is 15.8. The van der Waals surface area contributed by atoms with E-state index < -0.39 is 0 Å².